The van der Waals surface area contributed by atoms with Crippen LogP contribution in [0.1, 0.15) is 38.0 Å². The fourth-order valence-corrected chi connectivity index (χ4v) is 2.31. The van der Waals surface area contributed by atoms with Gasteiger partial charge in [0.1, 0.15) is 0 Å². The molecule has 1 aromatic rings. The van der Waals surface area contributed by atoms with Gasteiger partial charge in [-0.1, -0.05) is 6.92 Å². The molecular weight excluding hydrogens is 234 g/mol. The highest BCUT2D eigenvalue weighted by molar-refractivity contribution is 5.66. The first-order valence-corrected chi connectivity index (χ1v) is 6.42. The topological polar surface area (TPSA) is 79.5 Å². The smallest absolute Gasteiger partial charge is 0.303 e. The maximum absolute atomic E-state index is 10.5. The van der Waals surface area contributed by atoms with Crippen LogP contribution in [-0.2, 0) is 17.8 Å². The molecule has 1 fully saturated rings. The highest BCUT2D eigenvalue weighted by Gasteiger charge is 2.24. The van der Waals surface area contributed by atoms with E-state index in [4.69, 9.17) is 9.52 Å². The van der Waals surface area contributed by atoms with Crippen molar-refractivity contribution >= 4 is 5.97 Å². The molecule has 6 nitrogen and oxygen atoms in total. The summed E-state index contributed by atoms with van der Waals surface area (Å²) in [4.78, 5) is 12.8. The summed E-state index contributed by atoms with van der Waals surface area (Å²) in [6, 6.07) is 0. The Morgan fingerprint density at radius 3 is 2.94 bits per heavy atom. The molecule has 0 aromatic carbocycles. The largest absolute Gasteiger partial charge is 0.481 e. The van der Waals surface area contributed by atoms with Crippen LogP contribution in [0.4, 0.5) is 0 Å². The predicted octanol–water partition coefficient (Wildman–Crippen LogP) is 1.32. The number of hydrogen-bond acceptors (Lipinski definition) is 5. The van der Waals surface area contributed by atoms with E-state index in [9.17, 15) is 4.79 Å². The van der Waals surface area contributed by atoms with Crippen LogP contribution in [0.2, 0.25) is 0 Å². The standard InChI is InChI=1S/C12H19N3O3/c1-2-10-13-14-11(18-10)8-15-6-5-9(7-15)3-4-12(16)17/h9H,2-8H2,1H3,(H,16,17). The Hall–Kier alpha value is -1.43. The second-order valence-corrected chi connectivity index (χ2v) is 4.77. The lowest BCUT2D eigenvalue weighted by molar-refractivity contribution is -0.137. The molecule has 0 amide bonds. The second kappa shape index (κ2) is 5.95. The van der Waals surface area contributed by atoms with Gasteiger partial charge in [-0.2, -0.15) is 0 Å². The summed E-state index contributed by atoms with van der Waals surface area (Å²) in [6.45, 7) is 4.57. The van der Waals surface area contributed by atoms with Crippen LogP contribution < -0.4 is 0 Å². The number of carbonyl (C=O) groups is 1. The Labute approximate surface area is 106 Å². The molecule has 2 rings (SSSR count). The van der Waals surface area contributed by atoms with Crippen LogP contribution in [0.3, 0.4) is 0 Å². The number of carboxylic acid groups (broad SMARTS) is 1. The van der Waals surface area contributed by atoms with Gasteiger partial charge in [-0.25, -0.2) is 0 Å². The molecule has 1 aliphatic heterocycles. The molecule has 1 atom stereocenters. The van der Waals surface area contributed by atoms with E-state index in [0.29, 0.717) is 24.2 Å². The number of carboxylic acids is 1. The molecule has 1 aliphatic rings. The number of rotatable bonds is 6. The summed E-state index contributed by atoms with van der Waals surface area (Å²) in [5.74, 6) is 1.10. The summed E-state index contributed by atoms with van der Waals surface area (Å²) in [5.41, 5.74) is 0. The van der Waals surface area contributed by atoms with Gasteiger partial charge in [-0.15, -0.1) is 10.2 Å². The minimum absolute atomic E-state index is 0.263. The third kappa shape index (κ3) is 3.53. The van der Waals surface area contributed by atoms with E-state index >= 15 is 0 Å². The molecule has 18 heavy (non-hydrogen) atoms. The van der Waals surface area contributed by atoms with Gasteiger partial charge in [0.05, 0.1) is 6.54 Å². The molecule has 1 unspecified atom stereocenters. The predicted molar refractivity (Wildman–Crippen MR) is 63.9 cm³/mol. The van der Waals surface area contributed by atoms with Crippen LogP contribution in [-0.4, -0.2) is 39.3 Å². The molecule has 0 spiro atoms. The lowest BCUT2D eigenvalue weighted by atomic mass is 10.0. The normalized spacial score (nSPS) is 20.4. The molecule has 0 aliphatic carbocycles. The fourth-order valence-electron chi connectivity index (χ4n) is 2.31. The first-order valence-electron chi connectivity index (χ1n) is 6.42. The molecule has 0 radical (unpaired) electrons. The van der Waals surface area contributed by atoms with Gasteiger partial charge < -0.3 is 9.52 Å². The van der Waals surface area contributed by atoms with Crippen molar-refractivity contribution in [2.24, 2.45) is 5.92 Å². The highest BCUT2D eigenvalue weighted by Crippen LogP contribution is 2.22. The van der Waals surface area contributed by atoms with E-state index in [0.717, 1.165) is 32.4 Å². The lowest BCUT2D eigenvalue weighted by Crippen LogP contribution is -2.20. The van der Waals surface area contributed by atoms with Gasteiger partial charge >= 0.3 is 5.97 Å². The van der Waals surface area contributed by atoms with Gasteiger partial charge in [0, 0.05) is 19.4 Å². The van der Waals surface area contributed by atoms with Gasteiger partial charge in [0.2, 0.25) is 11.8 Å². The van der Waals surface area contributed by atoms with Gasteiger partial charge in [-0.05, 0) is 25.3 Å². The number of aryl methyl sites for hydroxylation is 1. The Kier molecular flexibility index (Phi) is 4.30. The van der Waals surface area contributed by atoms with E-state index < -0.39 is 5.97 Å². The zero-order valence-electron chi connectivity index (χ0n) is 10.6. The maximum Gasteiger partial charge on any atom is 0.303 e. The molecule has 1 saturated heterocycles. The average Bonchev–Trinajstić information content (AvgIpc) is 2.96. The SMILES string of the molecule is CCc1nnc(CN2CCC(CCC(=O)O)C2)o1. The average molecular weight is 253 g/mol. The van der Waals surface area contributed by atoms with E-state index in [1.807, 2.05) is 6.92 Å². The number of nitrogens with zero attached hydrogens (tertiary/aromatic N) is 3. The fraction of sp³-hybridized carbons (Fsp3) is 0.750. The van der Waals surface area contributed by atoms with Crippen molar-refractivity contribution in [3.63, 3.8) is 0 Å². The second-order valence-electron chi connectivity index (χ2n) is 4.77. The van der Waals surface area contributed by atoms with Crippen LogP contribution >= 0.6 is 0 Å². The number of aliphatic carboxylic acids is 1. The van der Waals surface area contributed by atoms with E-state index in [2.05, 4.69) is 15.1 Å². The van der Waals surface area contributed by atoms with Crippen molar-refractivity contribution in [1.29, 1.82) is 0 Å². The highest BCUT2D eigenvalue weighted by atomic mass is 16.4. The first kappa shape index (κ1) is 13.0. The molecule has 0 bridgehead atoms. The van der Waals surface area contributed by atoms with Crippen molar-refractivity contribution in [1.82, 2.24) is 15.1 Å². The summed E-state index contributed by atoms with van der Waals surface area (Å²) >= 11 is 0. The molecule has 100 valence electrons. The van der Waals surface area contributed by atoms with Gasteiger partial charge in [0.15, 0.2) is 0 Å². The lowest BCUT2D eigenvalue weighted by Gasteiger charge is -2.12. The third-order valence-electron chi connectivity index (χ3n) is 3.31. The summed E-state index contributed by atoms with van der Waals surface area (Å²) in [5, 5.41) is 16.6. The monoisotopic (exact) mass is 253 g/mol. The van der Waals surface area contributed by atoms with Crippen LogP contribution in [0, 0.1) is 5.92 Å². The van der Waals surface area contributed by atoms with Crippen LogP contribution in [0.25, 0.3) is 0 Å². The molecule has 2 heterocycles. The van der Waals surface area contributed by atoms with Crippen molar-refractivity contribution in [2.45, 2.75) is 39.2 Å². The van der Waals surface area contributed by atoms with Crippen molar-refractivity contribution in [3.8, 4) is 0 Å². The summed E-state index contributed by atoms with van der Waals surface area (Å²) < 4.78 is 5.47. The maximum atomic E-state index is 10.5. The van der Waals surface area contributed by atoms with Gasteiger partial charge in [-0.3, -0.25) is 9.69 Å². The van der Waals surface area contributed by atoms with E-state index in [1.54, 1.807) is 0 Å². The Balaban J connectivity index is 1.76. The molecule has 1 aromatic heterocycles. The first-order chi connectivity index (χ1) is 8.67. The summed E-state index contributed by atoms with van der Waals surface area (Å²) in [6.07, 6.45) is 2.84. The summed E-state index contributed by atoms with van der Waals surface area (Å²) in [7, 11) is 0. The Bertz CT molecular complexity index is 405. The van der Waals surface area contributed by atoms with Crippen LogP contribution in [0.5, 0.6) is 0 Å². The molecular formula is C12H19N3O3. The third-order valence-corrected chi connectivity index (χ3v) is 3.31. The Morgan fingerprint density at radius 2 is 2.28 bits per heavy atom. The van der Waals surface area contributed by atoms with Crippen LogP contribution in [0.15, 0.2) is 4.42 Å². The van der Waals surface area contributed by atoms with E-state index in [1.165, 1.54) is 0 Å². The zero-order valence-corrected chi connectivity index (χ0v) is 10.6. The number of hydrogen-bond donors (Lipinski definition) is 1. The molecule has 1 N–H and O–H groups in total. The Morgan fingerprint density at radius 1 is 1.50 bits per heavy atom. The van der Waals surface area contributed by atoms with Crippen molar-refractivity contribution in [3.05, 3.63) is 11.8 Å². The zero-order chi connectivity index (χ0) is 13.0. The minimum Gasteiger partial charge on any atom is -0.481 e. The quantitative estimate of drug-likeness (QED) is 0.823. The van der Waals surface area contributed by atoms with Gasteiger partial charge in [0.25, 0.3) is 0 Å². The molecule has 6 heteroatoms. The number of aromatic nitrogens is 2. The minimum atomic E-state index is -0.710. The van der Waals surface area contributed by atoms with Crippen molar-refractivity contribution in [2.75, 3.05) is 13.1 Å². The van der Waals surface area contributed by atoms with E-state index in [-0.39, 0.29) is 6.42 Å². The van der Waals surface area contributed by atoms with Crippen molar-refractivity contribution < 1.29 is 14.3 Å². The molecule has 0 saturated carbocycles. The number of likely N-dealkylation sites (tertiary alicyclic amines) is 1.